The summed E-state index contributed by atoms with van der Waals surface area (Å²) in [5, 5.41) is 5.38. The van der Waals surface area contributed by atoms with Crippen molar-refractivity contribution < 1.29 is 4.79 Å². The minimum absolute atomic E-state index is 0.0196. The lowest BCUT2D eigenvalue weighted by atomic mass is 10.1. The minimum Gasteiger partial charge on any atom is -0.355 e. The van der Waals surface area contributed by atoms with Crippen LogP contribution in [0, 0.1) is 0 Å². The van der Waals surface area contributed by atoms with Crippen molar-refractivity contribution in [3.63, 3.8) is 0 Å². The van der Waals surface area contributed by atoms with Gasteiger partial charge in [0, 0.05) is 32.8 Å². The summed E-state index contributed by atoms with van der Waals surface area (Å²) in [5.74, 6) is 0.0196. The standard InChI is InChI=1S/C21H17BrN2O/c22-18-7-3-1-5-15(18)13-23-21(25)12-14-9-10-17-16-6-2-4-8-19(16)24-20(17)11-14/h1-11,24H,12-13H2,(H,23,25). The van der Waals surface area contributed by atoms with Crippen LogP contribution in [0.15, 0.2) is 71.2 Å². The highest BCUT2D eigenvalue weighted by Gasteiger charge is 2.08. The monoisotopic (exact) mass is 392 g/mol. The van der Waals surface area contributed by atoms with E-state index in [0.717, 1.165) is 26.6 Å². The number of hydrogen-bond acceptors (Lipinski definition) is 1. The largest absolute Gasteiger partial charge is 0.355 e. The number of halogens is 1. The molecule has 3 aromatic carbocycles. The van der Waals surface area contributed by atoms with E-state index in [1.165, 1.54) is 10.8 Å². The summed E-state index contributed by atoms with van der Waals surface area (Å²) < 4.78 is 1.01. The van der Waals surface area contributed by atoms with Crippen LogP contribution in [0.2, 0.25) is 0 Å². The third-order valence-corrected chi connectivity index (χ3v) is 5.14. The first kappa shape index (κ1) is 15.9. The fourth-order valence-electron chi connectivity index (χ4n) is 3.10. The summed E-state index contributed by atoms with van der Waals surface area (Å²) in [5.41, 5.74) is 4.26. The molecule has 0 aliphatic rings. The highest BCUT2D eigenvalue weighted by molar-refractivity contribution is 9.10. The van der Waals surface area contributed by atoms with Crippen LogP contribution in [0.4, 0.5) is 0 Å². The van der Waals surface area contributed by atoms with E-state index in [0.29, 0.717) is 13.0 Å². The summed E-state index contributed by atoms with van der Waals surface area (Å²) in [4.78, 5) is 15.7. The number of para-hydroxylation sites is 1. The molecule has 4 rings (SSSR count). The van der Waals surface area contributed by atoms with Gasteiger partial charge in [-0.25, -0.2) is 0 Å². The van der Waals surface area contributed by atoms with E-state index < -0.39 is 0 Å². The number of aromatic amines is 1. The lowest BCUT2D eigenvalue weighted by Crippen LogP contribution is -2.24. The quantitative estimate of drug-likeness (QED) is 0.507. The van der Waals surface area contributed by atoms with Gasteiger partial charge in [-0.05, 0) is 29.3 Å². The zero-order valence-electron chi connectivity index (χ0n) is 13.6. The number of fused-ring (bicyclic) bond motifs is 3. The zero-order chi connectivity index (χ0) is 17.2. The van der Waals surface area contributed by atoms with Crippen molar-refractivity contribution in [2.24, 2.45) is 0 Å². The van der Waals surface area contributed by atoms with Crippen molar-refractivity contribution in [1.29, 1.82) is 0 Å². The van der Waals surface area contributed by atoms with Crippen molar-refractivity contribution in [2.75, 3.05) is 0 Å². The Hall–Kier alpha value is -2.59. The number of nitrogens with one attached hydrogen (secondary N) is 2. The van der Waals surface area contributed by atoms with Crippen molar-refractivity contribution in [1.82, 2.24) is 10.3 Å². The molecule has 0 aliphatic heterocycles. The molecule has 3 nitrogen and oxygen atoms in total. The molecular formula is C21H17BrN2O. The molecule has 124 valence electrons. The van der Waals surface area contributed by atoms with Crippen LogP contribution in [-0.4, -0.2) is 10.9 Å². The minimum atomic E-state index is 0.0196. The Bertz CT molecular complexity index is 1070. The first-order valence-corrected chi connectivity index (χ1v) is 8.99. The number of rotatable bonds is 4. The second-order valence-corrected chi connectivity index (χ2v) is 6.95. The van der Waals surface area contributed by atoms with Crippen LogP contribution in [-0.2, 0) is 17.8 Å². The third-order valence-electron chi connectivity index (χ3n) is 4.37. The molecule has 1 heterocycles. The van der Waals surface area contributed by atoms with Crippen LogP contribution in [0.3, 0.4) is 0 Å². The predicted molar refractivity (Wildman–Crippen MR) is 105 cm³/mol. The van der Waals surface area contributed by atoms with Crippen molar-refractivity contribution in [3.05, 3.63) is 82.3 Å². The maximum atomic E-state index is 12.3. The maximum Gasteiger partial charge on any atom is 0.224 e. The topological polar surface area (TPSA) is 44.9 Å². The summed E-state index contributed by atoms with van der Waals surface area (Å²) in [7, 11) is 0. The molecule has 0 unspecified atom stereocenters. The zero-order valence-corrected chi connectivity index (χ0v) is 15.1. The Morgan fingerprint density at radius 1 is 0.920 bits per heavy atom. The lowest BCUT2D eigenvalue weighted by Gasteiger charge is -2.07. The SMILES string of the molecule is O=C(Cc1ccc2c(c1)[nH]c1ccccc12)NCc1ccccc1Br. The Labute approximate surface area is 154 Å². The molecule has 0 radical (unpaired) electrons. The molecule has 1 aromatic heterocycles. The van der Waals surface area contributed by atoms with Gasteiger partial charge in [0.2, 0.25) is 5.91 Å². The van der Waals surface area contributed by atoms with Gasteiger partial charge in [-0.1, -0.05) is 64.5 Å². The Balaban J connectivity index is 1.49. The van der Waals surface area contributed by atoms with Crippen molar-refractivity contribution in [3.8, 4) is 0 Å². The molecule has 2 N–H and O–H groups in total. The number of hydrogen-bond donors (Lipinski definition) is 2. The third kappa shape index (κ3) is 3.30. The molecule has 0 saturated carbocycles. The fraction of sp³-hybridized carbons (Fsp3) is 0.0952. The molecule has 4 heteroatoms. The Morgan fingerprint density at radius 2 is 1.68 bits per heavy atom. The molecule has 0 saturated heterocycles. The number of carbonyl (C=O) groups is 1. The van der Waals surface area contributed by atoms with Crippen LogP contribution in [0.25, 0.3) is 21.8 Å². The molecule has 25 heavy (non-hydrogen) atoms. The average Bonchev–Trinajstić information content (AvgIpc) is 2.99. The smallest absolute Gasteiger partial charge is 0.224 e. The predicted octanol–water partition coefficient (Wildman–Crippen LogP) is 4.94. The first-order valence-electron chi connectivity index (χ1n) is 8.20. The van der Waals surface area contributed by atoms with Gasteiger partial charge in [-0.15, -0.1) is 0 Å². The molecular weight excluding hydrogens is 376 g/mol. The van der Waals surface area contributed by atoms with Gasteiger partial charge in [-0.3, -0.25) is 4.79 Å². The molecule has 1 amide bonds. The normalized spacial score (nSPS) is 11.1. The Kier molecular flexibility index (Phi) is 4.28. The van der Waals surface area contributed by atoms with Gasteiger partial charge >= 0.3 is 0 Å². The van der Waals surface area contributed by atoms with E-state index in [4.69, 9.17) is 0 Å². The molecule has 0 fully saturated rings. The van der Waals surface area contributed by atoms with Gasteiger partial charge < -0.3 is 10.3 Å². The van der Waals surface area contributed by atoms with Gasteiger partial charge in [-0.2, -0.15) is 0 Å². The summed E-state index contributed by atoms with van der Waals surface area (Å²) in [6.07, 6.45) is 0.371. The molecule has 0 atom stereocenters. The van der Waals surface area contributed by atoms with E-state index >= 15 is 0 Å². The molecule has 0 aliphatic carbocycles. The number of aromatic nitrogens is 1. The molecule has 0 bridgehead atoms. The van der Waals surface area contributed by atoms with Gasteiger partial charge in [0.25, 0.3) is 0 Å². The summed E-state index contributed by atoms with van der Waals surface area (Å²) in [6.45, 7) is 0.523. The van der Waals surface area contributed by atoms with Crippen molar-refractivity contribution in [2.45, 2.75) is 13.0 Å². The number of benzene rings is 3. The molecule has 4 aromatic rings. The summed E-state index contributed by atoms with van der Waals surface area (Å²) >= 11 is 3.50. The number of amides is 1. The van der Waals surface area contributed by atoms with Crippen LogP contribution < -0.4 is 5.32 Å². The lowest BCUT2D eigenvalue weighted by molar-refractivity contribution is -0.120. The highest BCUT2D eigenvalue weighted by Crippen LogP contribution is 2.26. The highest BCUT2D eigenvalue weighted by atomic mass is 79.9. The average molecular weight is 393 g/mol. The van der Waals surface area contributed by atoms with Crippen LogP contribution in [0.1, 0.15) is 11.1 Å². The van der Waals surface area contributed by atoms with Crippen molar-refractivity contribution >= 4 is 43.6 Å². The number of carbonyl (C=O) groups excluding carboxylic acids is 1. The number of H-pyrrole nitrogens is 1. The van der Waals surface area contributed by atoms with E-state index in [9.17, 15) is 4.79 Å². The summed E-state index contributed by atoms with van der Waals surface area (Å²) in [6, 6.07) is 22.3. The van der Waals surface area contributed by atoms with E-state index in [-0.39, 0.29) is 5.91 Å². The molecule has 0 spiro atoms. The van der Waals surface area contributed by atoms with Gasteiger partial charge in [0.1, 0.15) is 0 Å². The van der Waals surface area contributed by atoms with Gasteiger partial charge in [0.05, 0.1) is 6.42 Å². The first-order chi connectivity index (χ1) is 12.2. The van der Waals surface area contributed by atoms with Gasteiger partial charge in [0.15, 0.2) is 0 Å². The van der Waals surface area contributed by atoms with Crippen LogP contribution >= 0.6 is 15.9 Å². The second-order valence-electron chi connectivity index (χ2n) is 6.10. The van der Waals surface area contributed by atoms with E-state index in [1.807, 2.05) is 42.5 Å². The maximum absolute atomic E-state index is 12.3. The fourth-order valence-corrected chi connectivity index (χ4v) is 3.52. The van der Waals surface area contributed by atoms with E-state index in [2.05, 4.69) is 50.5 Å². The van der Waals surface area contributed by atoms with Crippen LogP contribution in [0.5, 0.6) is 0 Å². The Morgan fingerprint density at radius 3 is 2.56 bits per heavy atom. The second kappa shape index (κ2) is 6.73. The van der Waals surface area contributed by atoms with E-state index in [1.54, 1.807) is 0 Å².